The van der Waals surface area contributed by atoms with E-state index in [0.29, 0.717) is 0 Å². The number of hydrogen-bond acceptors (Lipinski definition) is 2. The fraction of sp³-hybridized carbons (Fsp3) is 0.867. The number of aliphatic carboxylic acids is 2. The molecule has 3 unspecified atom stereocenters. The van der Waals surface area contributed by atoms with Crippen LogP contribution in [0.25, 0.3) is 0 Å². The molecular formula is C15H9F17O4. The van der Waals surface area contributed by atoms with Crippen LogP contribution in [0.3, 0.4) is 0 Å². The number of rotatable bonds is 9. The topological polar surface area (TPSA) is 74.6 Å². The molecule has 0 radical (unpaired) electrons. The van der Waals surface area contributed by atoms with Crippen LogP contribution < -0.4 is 0 Å². The fourth-order valence-corrected chi connectivity index (χ4v) is 3.32. The van der Waals surface area contributed by atoms with Crippen LogP contribution in [0.2, 0.25) is 0 Å². The van der Waals surface area contributed by atoms with E-state index in [1.54, 1.807) is 0 Å². The summed E-state index contributed by atoms with van der Waals surface area (Å²) >= 11 is 0. The lowest BCUT2D eigenvalue weighted by atomic mass is 9.81. The van der Waals surface area contributed by atoms with Crippen LogP contribution in [0.4, 0.5) is 74.6 Å². The van der Waals surface area contributed by atoms with Crippen molar-refractivity contribution in [1.82, 2.24) is 0 Å². The molecule has 0 heterocycles. The largest absolute Gasteiger partial charge is 0.481 e. The van der Waals surface area contributed by atoms with Crippen molar-refractivity contribution in [2.75, 3.05) is 0 Å². The molecule has 4 nitrogen and oxygen atoms in total. The van der Waals surface area contributed by atoms with Gasteiger partial charge in [0, 0.05) is 5.92 Å². The summed E-state index contributed by atoms with van der Waals surface area (Å²) in [6.07, 6.45) is -11.4. The van der Waals surface area contributed by atoms with Gasteiger partial charge in [0.05, 0.1) is 11.8 Å². The summed E-state index contributed by atoms with van der Waals surface area (Å²) in [4.78, 5) is 21.8. The third kappa shape index (κ3) is 3.99. The molecule has 3 atom stereocenters. The molecule has 36 heavy (non-hydrogen) atoms. The van der Waals surface area contributed by atoms with Gasteiger partial charge >= 0.3 is 59.6 Å². The average molecular weight is 576 g/mol. The summed E-state index contributed by atoms with van der Waals surface area (Å²) in [6, 6.07) is 0. The number of carboxylic acids is 2. The van der Waals surface area contributed by atoms with Gasteiger partial charge in [-0.1, -0.05) is 0 Å². The van der Waals surface area contributed by atoms with Crippen LogP contribution in [-0.2, 0) is 9.59 Å². The molecular weight excluding hydrogens is 567 g/mol. The Morgan fingerprint density at radius 3 is 1.14 bits per heavy atom. The lowest BCUT2D eigenvalue weighted by molar-refractivity contribution is -0.463. The number of alkyl halides is 17. The zero-order valence-electron chi connectivity index (χ0n) is 16.3. The summed E-state index contributed by atoms with van der Waals surface area (Å²) in [5.74, 6) is -72.1. The molecule has 1 aliphatic rings. The Labute approximate surface area is 186 Å². The van der Waals surface area contributed by atoms with E-state index in [9.17, 15) is 84.2 Å². The highest BCUT2D eigenvalue weighted by molar-refractivity contribution is 5.76. The van der Waals surface area contributed by atoms with Crippen LogP contribution in [0, 0.1) is 17.8 Å². The number of hydrogen-bond donors (Lipinski definition) is 2. The van der Waals surface area contributed by atoms with Crippen LogP contribution in [-0.4, -0.2) is 69.8 Å². The first-order valence-corrected chi connectivity index (χ1v) is 8.65. The maximum atomic E-state index is 14.3. The van der Waals surface area contributed by atoms with Crippen LogP contribution in [0.5, 0.6) is 0 Å². The summed E-state index contributed by atoms with van der Waals surface area (Å²) in [5.41, 5.74) is 0. The third-order valence-corrected chi connectivity index (χ3v) is 5.44. The van der Waals surface area contributed by atoms with E-state index >= 15 is 0 Å². The van der Waals surface area contributed by atoms with Gasteiger partial charge in [0.1, 0.15) is 0 Å². The van der Waals surface area contributed by atoms with Gasteiger partial charge < -0.3 is 10.2 Å². The standard InChI is InChI=1S/C15H9F17O4/c16-8(17,5-2-3(6(33)34)1-4(5)7(35)36)9(18,19)10(20,21)11(22,23)12(24,25)13(26,27)14(28,29)15(30,31)32/h3-5H,1-2H2,(H,33,34)(H,35,36). The number of carboxylic acid groups (broad SMARTS) is 2. The molecule has 0 aromatic rings. The van der Waals surface area contributed by atoms with E-state index in [4.69, 9.17) is 10.2 Å². The lowest BCUT2D eigenvalue weighted by Crippen LogP contribution is -2.75. The molecule has 0 aliphatic heterocycles. The Morgan fingerprint density at radius 1 is 0.500 bits per heavy atom. The van der Waals surface area contributed by atoms with E-state index in [1.807, 2.05) is 0 Å². The first kappa shape index (κ1) is 31.8. The minimum Gasteiger partial charge on any atom is -0.481 e. The highest BCUT2D eigenvalue weighted by atomic mass is 19.4. The second kappa shape index (κ2) is 8.38. The lowest BCUT2D eigenvalue weighted by Gasteiger charge is -2.44. The van der Waals surface area contributed by atoms with Gasteiger partial charge in [-0.15, -0.1) is 0 Å². The van der Waals surface area contributed by atoms with Crippen molar-refractivity contribution in [3.05, 3.63) is 0 Å². The molecule has 212 valence electrons. The van der Waals surface area contributed by atoms with Gasteiger partial charge in [0.15, 0.2) is 0 Å². The van der Waals surface area contributed by atoms with Crippen molar-refractivity contribution < 1.29 is 94.4 Å². The summed E-state index contributed by atoms with van der Waals surface area (Å²) in [7, 11) is 0. The Morgan fingerprint density at radius 2 is 0.833 bits per heavy atom. The van der Waals surface area contributed by atoms with E-state index in [1.165, 1.54) is 0 Å². The normalized spacial score (nSPS) is 23.6. The Kier molecular flexibility index (Phi) is 7.40. The van der Waals surface area contributed by atoms with Crippen molar-refractivity contribution in [1.29, 1.82) is 0 Å². The molecule has 21 heteroatoms. The molecule has 0 aromatic carbocycles. The SMILES string of the molecule is O=C(O)C1CC(C(=O)O)C(C(F)(F)C(F)(F)C(F)(F)C(F)(F)C(F)(F)C(F)(F)C(F)(F)C(F)(F)F)C1. The Balaban J connectivity index is 3.71. The first-order chi connectivity index (χ1) is 15.5. The first-order valence-electron chi connectivity index (χ1n) is 8.65. The molecule has 0 spiro atoms. The van der Waals surface area contributed by atoms with E-state index in [0.717, 1.165) is 0 Å². The minimum absolute atomic E-state index is 1.52. The smallest absolute Gasteiger partial charge is 0.460 e. The van der Waals surface area contributed by atoms with Crippen LogP contribution >= 0.6 is 0 Å². The highest BCUT2D eigenvalue weighted by Gasteiger charge is 2.95. The van der Waals surface area contributed by atoms with Gasteiger partial charge in [-0.2, -0.15) is 74.6 Å². The van der Waals surface area contributed by atoms with Crippen molar-refractivity contribution in [3.8, 4) is 0 Å². The van der Waals surface area contributed by atoms with Gasteiger partial charge in [-0.3, -0.25) is 9.59 Å². The highest BCUT2D eigenvalue weighted by Crippen LogP contribution is 2.65. The van der Waals surface area contributed by atoms with Crippen molar-refractivity contribution in [2.45, 2.75) is 60.5 Å². The third-order valence-electron chi connectivity index (χ3n) is 5.44. The van der Waals surface area contributed by atoms with Gasteiger partial charge in [0.2, 0.25) is 0 Å². The summed E-state index contributed by atoms with van der Waals surface area (Å²) in [6.45, 7) is 0. The molecule has 1 aliphatic carbocycles. The molecule has 0 saturated heterocycles. The van der Waals surface area contributed by atoms with E-state index in [-0.39, 0.29) is 0 Å². The van der Waals surface area contributed by atoms with Crippen molar-refractivity contribution >= 4 is 11.9 Å². The monoisotopic (exact) mass is 576 g/mol. The van der Waals surface area contributed by atoms with Gasteiger partial charge in [0.25, 0.3) is 0 Å². The molecule has 2 N–H and O–H groups in total. The fourth-order valence-electron chi connectivity index (χ4n) is 3.32. The molecule has 0 bridgehead atoms. The quantitative estimate of drug-likeness (QED) is 0.340. The zero-order chi connectivity index (χ0) is 29.3. The number of halogens is 17. The average Bonchev–Trinajstić information content (AvgIpc) is 3.13. The number of carbonyl (C=O) groups is 2. The van der Waals surface area contributed by atoms with Gasteiger partial charge in [-0.05, 0) is 12.8 Å². The van der Waals surface area contributed by atoms with E-state index < -0.39 is 90.2 Å². The predicted octanol–water partition coefficient (Wildman–Crippen LogP) is 5.81. The predicted molar refractivity (Wildman–Crippen MR) is 75.7 cm³/mol. The van der Waals surface area contributed by atoms with E-state index in [2.05, 4.69) is 0 Å². The molecule has 1 rings (SSSR count). The molecule has 0 amide bonds. The maximum absolute atomic E-state index is 14.3. The van der Waals surface area contributed by atoms with Crippen LogP contribution in [0.1, 0.15) is 12.8 Å². The van der Waals surface area contributed by atoms with Crippen molar-refractivity contribution in [3.63, 3.8) is 0 Å². The second-order valence-electron chi connectivity index (χ2n) is 7.62. The zero-order valence-corrected chi connectivity index (χ0v) is 16.3. The Bertz CT molecular complexity index is 878. The molecule has 1 fully saturated rings. The minimum atomic E-state index is -8.80. The maximum Gasteiger partial charge on any atom is 0.460 e. The van der Waals surface area contributed by atoms with Gasteiger partial charge in [-0.25, -0.2) is 0 Å². The van der Waals surface area contributed by atoms with Crippen LogP contribution in [0.15, 0.2) is 0 Å². The summed E-state index contributed by atoms with van der Waals surface area (Å²) in [5, 5.41) is 17.4. The summed E-state index contributed by atoms with van der Waals surface area (Å²) < 4.78 is 227. The molecule has 0 aromatic heterocycles. The Hall–Kier alpha value is -2.25. The van der Waals surface area contributed by atoms with Crippen molar-refractivity contribution in [2.24, 2.45) is 17.8 Å². The molecule has 1 saturated carbocycles. The second-order valence-corrected chi connectivity index (χ2v) is 7.62.